The normalized spacial score (nSPS) is 18.2. The molecule has 0 bridgehead atoms. The van der Waals surface area contributed by atoms with Gasteiger partial charge in [0, 0.05) is 39.4 Å². The van der Waals surface area contributed by atoms with E-state index in [-0.39, 0.29) is 23.4 Å². The molecule has 1 aromatic carbocycles. The van der Waals surface area contributed by atoms with Crippen LogP contribution in [0, 0.1) is 5.92 Å². The van der Waals surface area contributed by atoms with Crippen LogP contribution in [-0.2, 0) is 21.4 Å². The van der Waals surface area contributed by atoms with Crippen molar-refractivity contribution < 1.29 is 13.2 Å². The van der Waals surface area contributed by atoms with Gasteiger partial charge < -0.3 is 15.2 Å². The number of H-pyrrole nitrogens is 1. The quantitative estimate of drug-likeness (QED) is 0.771. The van der Waals surface area contributed by atoms with Crippen molar-refractivity contribution >= 4 is 21.6 Å². The first-order chi connectivity index (χ1) is 12.9. The highest BCUT2D eigenvalue weighted by Gasteiger charge is 2.33. The molecule has 9 heteroatoms. The zero-order chi connectivity index (χ0) is 19.4. The Hall–Kier alpha value is -2.39. The third-order valence-electron chi connectivity index (χ3n) is 4.77. The van der Waals surface area contributed by atoms with Crippen LogP contribution in [0.25, 0.3) is 0 Å². The summed E-state index contributed by atoms with van der Waals surface area (Å²) in [6.07, 6.45) is 3.96. The van der Waals surface area contributed by atoms with Crippen LogP contribution >= 0.6 is 0 Å². The summed E-state index contributed by atoms with van der Waals surface area (Å²) in [5.74, 6) is -0.464. The number of imidazole rings is 1. The van der Waals surface area contributed by atoms with E-state index in [9.17, 15) is 13.2 Å². The number of sulfonamides is 1. The van der Waals surface area contributed by atoms with Crippen LogP contribution in [0.4, 0.5) is 5.69 Å². The molecule has 146 valence electrons. The van der Waals surface area contributed by atoms with Gasteiger partial charge in [0.25, 0.3) is 10.0 Å². The lowest BCUT2D eigenvalue weighted by molar-refractivity contribution is -0.126. The summed E-state index contributed by atoms with van der Waals surface area (Å²) in [4.78, 5) is 21.0. The van der Waals surface area contributed by atoms with Gasteiger partial charge in [-0.05, 0) is 30.5 Å². The third kappa shape index (κ3) is 4.48. The largest absolute Gasteiger partial charge is 0.378 e. The zero-order valence-electron chi connectivity index (χ0n) is 15.6. The molecule has 0 saturated carbocycles. The second-order valence-electron chi connectivity index (χ2n) is 6.90. The number of aromatic nitrogens is 2. The molecule has 2 aromatic rings. The predicted molar refractivity (Wildman–Crippen MR) is 103 cm³/mol. The fourth-order valence-corrected chi connectivity index (χ4v) is 4.56. The van der Waals surface area contributed by atoms with Gasteiger partial charge in [-0.15, -0.1) is 0 Å². The number of hydrogen-bond acceptors (Lipinski definition) is 5. The van der Waals surface area contributed by atoms with E-state index in [4.69, 9.17) is 0 Å². The summed E-state index contributed by atoms with van der Waals surface area (Å²) < 4.78 is 26.6. The molecule has 2 N–H and O–H groups in total. The van der Waals surface area contributed by atoms with Crippen molar-refractivity contribution in [3.05, 3.63) is 42.4 Å². The highest BCUT2D eigenvalue weighted by Crippen LogP contribution is 2.23. The number of carbonyl (C=O) groups is 1. The fraction of sp³-hybridized carbons (Fsp3) is 0.444. The van der Waals surface area contributed by atoms with Crippen molar-refractivity contribution in [1.29, 1.82) is 0 Å². The third-order valence-corrected chi connectivity index (χ3v) is 6.56. The molecular formula is C18H25N5O3S. The van der Waals surface area contributed by atoms with Gasteiger partial charge in [-0.3, -0.25) is 4.79 Å². The fourth-order valence-electron chi connectivity index (χ4n) is 3.14. The molecule has 1 aromatic heterocycles. The first kappa shape index (κ1) is 19.4. The topological polar surface area (TPSA) is 98.4 Å². The Morgan fingerprint density at radius 3 is 2.70 bits per heavy atom. The number of anilines is 1. The van der Waals surface area contributed by atoms with Gasteiger partial charge in [0.15, 0.2) is 5.03 Å². The molecule has 0 aliphatic carbocycles. The maximum atomic E-state index is 12.6. The molecule has 0 radical (unpaired) electrons. The van der Waals surface area contributed by atoms with E-state index >= 15 is 0 Å². The molecule has 1 fully saturated rings. The Balaban J connectivity index is 1.58. The lowest BCUT2D eigenvalue weighted by Crippen LogP contribution is -2.45. The van der Waals surface area contributed by atoms with Crippen molar-refractivity contribution in [3.8, 4) is 0 Å². The Bertz CT molecular complexity index is 863. The van der Waals surface area contributed by atoms with Crippen LogP contribution in [0.3, 0.4) is 0 Å². The molecule has 27 heavy (non-hydrogen) atoms. The van der Waals surface area contributed by atoms with E-state index < -0.39 is 10.0 Å². The van der Waals surface area contributed by atoms with Gasteiger partial charge in [0.05, 0.1) is 18.4 Å². The van der Waals surface area contributed by atoms with Crippen LogP contribution in [0.15, 0.2) is 41.8 Å². The Labute approximate surface area is 159 Å². The number of hydrogen-bond donors (Lipinski definition) is 2. The summed E-state index contributed by atoms with van der Waals surface area (Å²) in [6.45, 7) is 1.03. The lowest BCUT2D eigenvalue weighted by Gasteiger charge is -2.30. The summed E-state index contributed by atoms with van der Waals surface area (Å²) in [6, 6.07) is 7.96. The number of nitrogens with one attached hydrogen (secondary N) is 2. The Kier molecular flexibility index (Phi) is 5.81. The zero-order valence-corrected chi connectivity index (χ0v) is 16.4. The minimum atomic E-state index is -3.63. The summed E-state index contributed by atoms with van der Waals surface area (Å²) in [5.41, 5.74) is 2.10. The van der Waals surface area contributed by atoms with Crippen LogP contribution in [0.2, 0.25) is 0 Å². The molecule has 0 unspecified atom stereocenters. The van der Waals surface area contributed by atoms with Crippen molar-refractivity contribution in [3.63, 3.8) is 0 Å². The van der Waals surface area contributed by atoms with E-state index in [1.807, 2.05) is 43.3 Å². The summed E-state index contributed by atoms with van der Waals surface area (Å²) in [7, 11) is 0.316. The van der Waals surface area contributed by atoms with Gasteiger partial charge >= 0.3 is 0 Å². The lowest BCUT2D eigenvalue weighted by atomic mass is 9.99. The van der Waals surface area contributed by atoms with Gasteiger partial charge in [-0.2, -0.15) is 4.31 Å². The Morgan fingerprint density at radius 1 is 1.33 bits per heavy atom. The van der Waals surface area contributed by atoms with E-state index in [2.05, 4.69) is 15.3 Å². The number of carbonyl (C=O) groups excluding carboxylic acids is 1. The molecule has 1 aliphatic heterocycles. The number of amides is 1. The first-order valence-corrected chi connectivity index (χ1v) is 10.3. The number of rotatable bonds is 6. The predicted octanol–water partition coefficient (Wildman–Crippen LogP) is 1.19. The maximum absolute atomic E-state index is 12.6. The molecule has 2 heterocycles. The van der Waals surface area contributed by atoms with E-state index in [1.165, 1.54) is 16.8 Å². The highest BCUT2D eigenvalue weighted by molar-refractivity contribution is 7.89. The monoisotopic (exact) mass is 391 g/mol. The minimum absolute atomic E-state index is 0.0598. The molecule has 8 nitrogen and oxygen atoms in total. The average Bonchev–Trinajstić information content (AvgIpc) is 3.22. The smallest absolute Gasteiger partial charge is 0.260 e. The van der Waals surface area contributed by atoms with Crippen LogP contribution in [0.5, 0.6) is 0 Å². The van der Waals surface area contributed by atoms with Crippen molar-refractivity contribution in [1.82, 2.24) is 19.6 Å². The maximum Gasteiger partial charge on any atom is 0.260 e. The van der Waals surface area contributed by atoms with E-state index in [0.29, 0.717) is 25.9 Å². The highest BCUT2D eigenvalue weighted by atomic mass is 32.2. The first-order valence-electron chi connectivity index (χ1n) is 8.90. The van der Waals surface area contributed by atoms with Crippen molar-refractivity contribution in [2.75, 3.05) is 32.1 Å². The van der Waals surface area contributed by atoms with Crippen molar-refractivity contribution in [2.45, 2.75) is 24.4 Å². The minimum Gasteiger partial charge on any atom is -0.378 e. The van der Waals surface area contributed by atoms with Gasteiger partial charge in [-0.1, -0.05) is 12.1 Å². The second kappa shape index (κ2) is 8.10. The second-order valence-corrected chi connectivity index (χ2v) is 8.80. The average molecular weight is 391 g/mol. The number of aromatic amines is 1. The van der Waals surface area contributed by atoms with E-state index in [0.717, 1.165) is 11.3 Å². The van der Waals surface area contributed by atoms with E-state index in [1.54, 1.807) is 0 Å². The standard InChI is InChI=1S/C18H25N5O3S/c1-22(2)16-7-5-14(6-8-16)10-20-18(24)15-4-3-9-23(12-15)27(25,26)17-11-19-13-21-17/h5-8,11,13,15H,3-4,9-10,12H2,1-2H3,(H,19,21)(H,20,24)/t15-/m0/s1. The molecule has 1 atom stereocenters. The number of nitrogens with zero attached hydrogens (tertiary/aromatic N) is 3. The number of benzene rings is 1. The van der Waals surface area contributed by atoms with Crippen molar-refractivity contribution in [2.24, 2.45) is 5.92 Å². The van der Waals surface area contributed by atoms with Gasteiger partial charge in [-0.25, -0.2) is 13.4 Å². The van der Waals surface area contributed by atoms with Gasteiger partial charge in [0.2, 0.25) is 5.91 Å². The SMILES string of the molecule is CN(C)c1ccc(CNC(=O)[C@H]2CCCN(S(=O)(=O)c3cnc[nH]3)C2)cc1. The van der Waals surface area contributed by atoms with Crippen LogP contribution in [0.1, 0.15) is 18.4 Å². The number of piperidine rings is 1. The van der Waals surface area contributed by atoms with Gasteiger partial charge in [0.1, 0.15) is 0 Å². The molecule has 1 saturated heterocycles. The van der Waals surface area contributed by atoms with Crippen LogP contribution in [-0.4, -0.2) is 55.8 Å². The van der Waals surface area contributed by atoms with Crippen LogP contribution < -0.4 is 10.2 Å². The summed E-state index contributed by atoms with van der Waals surface area (Å²) >= 11 is 0. The molecule has 3 rings (SSSR count). The Morgan fingerprint density at radius 2 is 2.07 bits per heavy atom. The molecule has 1 amide bonds. The molecular weight excluding hydrogens is 366 g/mol. The molecule has 1 aliphatic rings. The molecule has 0 spiro atoms. The summed E-state index contributed by atoms with van der Waals surface area (Å²) in [5, 5.41) is 2.99.